The third kappa shape index (κ3) is 3.13. The molecule has 5 aromatic rings. The summed E-state index contributed by atoms with van der Waals surface area (Å²) in [5.41, 5.74) is 4.87. The van der Waals surface area contributed by atoms with Gasteiger partial charge in [-0.15, -0.1) is 0 Å². The topological polar surface area (TPSA) is 29.1 Å². The molecule has 5 rings (SSSR count). The number of rotatable bonds is 3. The number of hydrogen-bond donors (Lipinski definition) is 1. The van der Waals surface area contributed by atoms with Gasteiger partial charge in [0.25, 0.3) is 5.91 Å². The standard InChI is InChI=1S/C28H21NO/c1-19-15-16-20-9-5-7-13-23(20)26(19)27-24-14-8-6-10-21(24)17-18-25(27)29-28(30)22-11-3-2-4-12-22/h2-18H,1H3,(H,29,30). The van der Waals surface area contributed by atoms with Crippen LogP contribution in [0.1, 0.15) is 15.9 Å². The lowest BCUT2D eigenvalue weighted by Gasteiger charge is -2.18. The van der Waals surface area contributed by atoms with Crippen molar-refractivity contribution in [2.24, 2.45) is 0 Å². The molecule has 5 aromatic carbocycles. The Morgan fingerprint density at radius 2 is 1.17 bits per heavy atom. The molecule has 0 bridgehead atoms. The number of anilines is 1. The number of benzene rings is 5. The van der Waals surface area contributed by atoms with E-state index in [1.54, 1.807) is 0 Å². The zero-order valence-corrected chi connectivity index (χ0v) is 16.7. The second-order valence-corrected chi connectivity index (χ2v) is 7.51. The monoisotopic (exact) mass is 387 g/mol. The van der Waals surface area contributed by atoms with E-state index in [2.05, 4.69) is 72.9 Å². The third-order valence-electron chi connectivity index (χ3n) is 5.60. The number of amides is 1. The van der Waals surface area contributed by atoms with Crippen LogP contribution in [-0.4, -0.2) is 5.91 Å². The summed E-state index contributed by atoms with van der Waals surface area (Å²) in [5, 5.41) is 7.82. The lowest BCUT2D eigenvalue weighted by Crippen LogP contribution is -2.12. The van der Waals surface area contributed by atoms with E-state index in [1.807, 2.05) is 42.5 Å². The molecule has 0 unspecified atom stereocenters. The Morgan fingerprint density at radius 1 is 0.600 bits per heavy atom. The van der Waals surface area contributed by atoms with Crippen LogP contribution in [0.2, 0.25) is 0 Å². The van der Waals surface area contributed by atoms with Gasteiger partial charge in [-0.1, -0.05) is 84.9 Å². The molecule has 0 aliphatic heterocycles. The summed E-state index contributed by atoms with van der Waals surface area (Å²) in [7, 11) is 0. The summed E-state index contributed by atoms with van der Waals surface area (Å²) in [6.07, 6.45) is 0. The van der Waals surface area contributed by atoms with Crippen LogP contribution in [0, 0.1) is 6.92 Å². The first-order valence-corrected chi connectivity index (χ1v) is 10.1. The van der Waals surface area contributed by atoms with Crippen LogP contribution >= 0.6 is 0 Å². The van der Waals surface area contributed by atoms with Crippen LogP contribution in [0.15, 0.2) is 103 Å². The van der Waals surface area contributed by atoms with Crippen molar-refractivity contribution in [3.05, 3.63) is 114 Å². The summed E-state index contributed by atoms with van der Waals surface area (Å²) in [6.45, 7) is 2.13. The molecule has 1 N–H and O–H groups in total. The highest BCUT2D eigenvalue weighted by Crippen LogP contribution is 2.41. The van der Waals surface area contributed by atoms with E-state index in [0.717, 1.165) is 27.6 Å². The van der Waals surface area contributed by atoms with Crippen molar-refractivity contribution in [3.63, 3.8) is 0 Å². The van der Waals surface area contributed by atoms with E-state index < -0.39 is 0 Å². The first kappa shape index (κ1) is 18.1. The minimum absolute atomic E-state index is 0.106. The van der Waals surface area contributed by atoms with Crippen molar-refractivity contribution in [2.45, 2.75) is 6.92 Å². The van der Waals surface area contributed by atoms with Gasteiger partial charge in [-0.05, 0) is 57.8 Å². The van der Waals surface area contributed by atoms with Gasteiger partial charge in [0.2, 0.25) is 0 Å². The molecule has 0 heterocycles. The lowest BCUT2D eigenvalue weighted by molar-refractivity contribution is 0.102. The van der Waals surface area contributed by atoms with Crippen molar-refractivity contribution in [2.75, 3.05) is 5.32 Å². The van der Waals surface area contributed by atoms with E-state index in [9.17, 15) is 4.79 Å². The number of fused-ring (bicyclic) bond motifs is 2. The van der Waals surface area contributed by atoms with Crippen LogP contribution in [0.3, 0.4) is 0 Å². The molecule has 2 heteroatoms. The van der Waals surface area contributed by atoms with Crippen molar-refractivity contribution in [1.82, 2.24) is 0 Å². The second-order valence-electron chi connectivity index (χ2n) is 7.51. The molecule has 0 aliphatic carbocycles. The highest BCUT2D eigenvalue weighted by Gasteiger charge is 2.17. The zero-order valence-electron chi connectivity index (χ0n) is 16.7. The van der Waals surface area contributed by atoms with Gasteiger partial charge in [-0.25, -0.2) is 0 Å². The predicted octanol–water partition coefficient (Wildman–Crippen LogP) is 7.22. The van der Waals surface area contributed by atoms with Crippen molar-refractivity contribution in [3.8, 4) is 11.1 Å². The maximum Gasteiger partial charge on any atom is 0.255 e. The smallest absolute Gasteiger partial charge is 0.255 e. The highest BCUT2D eigenvalue weighted by molar-refractivity contribution is 6.14. The Labute approximate surface area is 175 Å². The summed E-state index contributed by atoms with van der Waals surface area (Å²) in [6, 6.07) is 34.5. The molecule has 0 aromatic heterocycles. The van der Waals surface area contributed by atoms with E-state index in [1.165, 1.54) is 16.3 Å². The molecule has 2 nitrogen and oxygen atoms in total. The van der Waals surface area contributed by atoms with E-state index in [4.69, 9.17) is 0 Å². The molecule has 0 aliphatic rings. The Bertz CT molecular complexity index is 1390. The Hall–Kier alpha value is -3.91. The molecule has 0 spiro atoms. The molecule has 0 atom stereocenters. The van der Waals surface area contributed by atoms with Gasteiger partial charge in [0.05, 0.1) is 0 Å². The Morgan fingerprint density at radius 3 is 1.87 bits per heavy atom. The summed E-state index contributed by atoms with van der Waals surface area (Å²) in [4.78, 5) is 13.0. The Kier molecular flexibility index (Phi) is 4.53. The molecular formula is C28H21NO. The molecule has 144 valence electrons. The van der Waals surface area contributed by atoms with E-state index in [-0.39, 0.29) is 5.91 Å². The van der Waals surface area contributed by atoms with Crippen molar-refractivity contribution >= 4 is 33.1 Å². The fraction of sp³-hybridized carbons (Fsp3) is 0.0357. The maximum atomic E-state index is 13.0. The van der Waals surface area contributed by atoms with Crippen LogP contribution < -0.4 is 5.32 Å². The molecule has 0 radical (unpaired) electrons. The van der Waals surface area contributed by atoms with Gasteiger partial charge in [-0.2, -0.15) is 0 Å². The van der Waals surface area contributed by atoms with Gasteiger partial charge in [0, 0.05) is 16.8 Å². The molecule has 0 saturated carbocycles. The van der Waals surface area contributed by atoms with Crippen molar-refractivity contribution in [1.29, 1.82) is 0 Å². The summed E-state index contributed by atoms with van der Waals surface area (Å²) >= 11 is 0. The molecular weight excluding hydrogens is 366 g/mol. The average molecular weight is 387 g/mol. The van der Waals surface area contributed by atoms with Crippen LogP contribution in [-0.2, 0) is 0 Å². The average Bonchev–Trinajstić information content (AvgIpc) is 2.80. The van der Waals surface area contributed by atoms with Crippen LogP contribution in [0.25, 0.3) is 32.7 Å². The van der Waals surface area contributed by atoms with Crippen LogP contribution in [0.5, 0.6) is 0 Å². The number of carbonyl (C=O) groups is 1. The largest absolute Gasteiger partial charge is 0.321 e. The first-order chi connectivity index (χ1) is 14.7. The Balaban J connectivity index is 1.78. The predicted molar refractivity (Wildman–Crippen MR) is 126 cm³/mol. The summed E-state index contributed by atoms with van der Waals surface area (Å²) in [5.74, 6) is -0.106. The molecule has 30 heavy (non-hydrogen) atoms. The van der Waals surface area contributed by atoms with Gasteiger partial charge in [0.1, 0.15) is 0 Å². The lowest BCUT2D eigenvalue weighted by atomic mass is 9.89. The van der Waals surface area contributed by atoms with Gasteiger partial charge in [-0.3, -0.25) is 4.79 Å². The normalized spacial score (nSPS) is 11.0. The minimum Gasteiger partial charge on any atom is -0.321 e. The number of aryl methyl sites for hydroxylation is 1. The molecule has 0 fully saturated rings. The second kappa shape index (κ2) is 7.49. The number of carbonyl (C=O) groups excluding carboxylic acids is 1. The molecule has 0 saturated heterocycles. The number of nitrogens with one attached hydrogen (secondary N) is 1. The van der Waals surface area contributed by atoms with Gasteiger partial charge >= 0.3 is 0 Å². The summed E-state index contributed by atoms with van der Waals surface area (Å²) < 4.78 is 0. The first-order valence-electron chi connectivity index (χ1n) is 10.1. The van der Waals surface area contributed by atoms with Crippen LogP contribution in [0.4, 0.5) is 5.69 Å². The maximum absolute atomic E-state index is 13.0. The number of hydrogen-bond acceptors (Lipinski definition) is 1. The fourth-order valence-corrected chi connectivity index (χ4v) is 4.14. The van der Waals surface area contributed by atoms with Crippen molar-refractivity contribution < 1.29 is 4.79 Å². The quantitative estimate of drug-likeness (QED) is 0.348. The highest BCUT2D eigenvalue weighted by atomic mass is 16.1. The zero-order chi connectivity index (χ0) is 20.5. The minimum atomic E-state index is -0.106. The fourth-order valence-electron chi connectivity index (χ4n) is 4.14. The third-order valence-corrected chi connectivity index (χ3v) is 5.60. The molecule has 1 amide bonds. The van der Waals surface area contributed by atoms with Gasteiger partial charge in [0.15, 0.2) is 0 Å². The SMILES string of the molecule is Cc1ccc2ccccc2c1-c1c(NC(=O)c2ccccc2)ccc2ccccc12. The van der Waals surface area contributed by atoms with Gasteiger partial charge < -0.3 is 5.32 Å². The van der Waals surface area contributed by atoms with E-state index >= 15 is 0 Å². The van der Waals surface area contributed by atoms with E-state index in [0.29, 0.717) is 5.56 Å².